The summed E-state index contributed by atoms with van der Waals surface area (Å²) in [4.78, 5) is 9.91. The Labute approximate surface area is 53.7 Å². The molecule has 0 unspecified atom stereocenters. The SMILES string of the molecule is N#CCC1(NC=O)CC1. The highest BCUT2D eigenvalue weighted by molar-refractivity contribution is 5.49. The minimum atomic E-state index is -0.128. The summed E-state index contributed by atoms with van der Waals surface area (Å²) in [7, 11) is 0. The summed E-state index contributed by atoms with van der Waals surface area (Å²) in [5, 5.41) is 10.9. The van der Waals surface area contributed by atoms with E-state index < -0.39 is 0 Å². The summed E-state index contributed by atoms with van der Waals surface area (Å²) in [5.74, 6) is 0. The van der Waals surface area contributed by atoms with Crippen molar-refractivity contribution in [2.24, 2.45) is 0 Å². The quantitative estimate of drug-likeness (QED) is 0.545. The van der Waals surface area contributed by atoms with Crippen LogP contribution in [-0.2, 0) is 4.79 Å². The zero-order valence-corrected chi connectivity index (χ0v) is 5.05. The summed E-state index contributed by atoms with van der Waals surface area (Å²) in [6, 6.07) is 2.03. The lowest BCUT2D eigenvalue weighted by Crippen LogP contribution is -2.28. The monoisotopic (exact) mass is 124 g/mol. The first-order chi connectivity index (χ1) is 4.33. The molecule has 0 heterocycles. The summed E-state index contributed by atoms with van der Waals surface area (Å²) in [6.07, 6.45) is 3.04. The van der Waals surface area contributed by atoms with Gasteiger partial charge in [0.15, 0.2) is 0 Å². The van der Waals surface area contributed by atoms with Crippen LogP contribution in [0.2, 0.25) is 0 Å². The molecule has 1 amide bonds. The van der Waals surface area contributed by atoms with Gasteiger partial charge in [0.1, 0.15) is 0 Å². The minimum absolute atomic E-state index is 0.128. The van der Waals surface area contributed by atoms with Gasteiger partial charge >= 0.3 is 0 Å². The zero-order chi connectivity index (χ0) is 6.74. The third kappa shape index (κ3) is 1.20. The van der Waals surface area contributed by atoms with Crippen LogP contribution in [0.4, 0.5) is 0 Å². The summed E-state index contributed by atoms with van der Waals surface area (Å²) in [5.41, 5.74) is -0.128. The van der Waals surface area contributed by atoms with Gasteiger partial charge in [0.05, 0.1) is 18.0 Å². The van der Waals surface area contributed by atoms with E-state index in [1.54, 1.807) is 0 Å². The second-order valence-electron chi connectivity index (χ2n) is 2.38. The molecule has 1 aliphatic rings. The molecule has 0 bridgehead atoms. The number of hydrogen-bond acceptors (Lipinski definition) is 2. The Morgan fingerprint density at radius 2 is 2.44 bits per heavy atom. The fourth-order valence-corrected chi connectivity index (χ4v) is 0.799. The van der Waals surface area contributed by atoms with Crippen molar-refractivity contribution in [3.63, 3.8) is 0 Å². The smallest absolute Gasteiger partial charge is 0.207 e. The van der Waals surface area contributed by atoms with Gasteiger partial charge in [-0.25, -0.2) is 0 Å². The van der Waals surface area contributed by atoms with Crippen LogP contribution in [0.5, 0.6) is 0 Å². The van der Waals surface area contributed by atoms with E-state index in [4.69, 9.17) is 5.26 Å². The van der Waals surface area contributed by atoms with Crippen molar-refractivity contribution < 1.29 is 4.79 Å². The molecule has 0 aliphatic heterocycles. The lowest BCUT2D eigenvalue weighted by Gasteiger charge is -2.06. The molecule has 1 aliphatic carbocycles. The second kappa shape index (κ2) is 2.06. The van der Waals surface area contributed by atoms with E-state index in [1.165, 1.54) is 0 Å². The van der Waals surface area contributed by atoms with Crippen molar-refractivity contribution in [1.29, 1.82) is 5.26 Å². The molecule has 3 heteroatoms. The van der Waals surface area contributed by atoms with E-state index >= 15 is 0 Å². The maximum atomic E-state index is 9.91. The van der Waals surface area contributed by atoms with Gasteiger partial charge in [-0.15, -0.1) is 0 Å². The van der Waals surface area contributed by atoms with Crippen molar-refractivity contribution in [2.75, 3.05) is 0 Å². The van der Waals surface area contributed by atoms with Crippen LogP contribution in [0.3, 0.4) is 0 Å². The molecule has 1 rings (SSSR count). The van der Waals surface area contributed by atoms with Gasteiger partial charge in [-0.1, -0.05) is 0 Å². The number of nitriles is 1. The third-order valence-corrected chi connectivity index (χ3v) is 1.64. The average Bonchev–Trinajstić information content (AvgIpc) is 2.51. The van der Waals surface area contributed by atoms with Crippen LogP contribution < -0.4 is 5.32 Å². The summed E-state index contributed by atoms with van der Waals surface area (Å²) >= 11 is 0. The van der Waals surface area contributed by atoms with Crippen molar-refractivity contribution in [3.05, 3.63) is 0 Å². The number of amides is 1. The van der Waals surface area contributed by atoms with Gasteiger partial charge in [0, 0.05) is 0 Å². The van der Waals surface area contributed by atoms with Crippen LogP contribution >= 0.6 is 0 Å². The first kappa shape index (κ1) is 6.09. The molecule has 9 heavy (non-hydrogen) atoms. The molecule has 0 saturated heterocycles. The Balaban J connectivity index is 2.35. The number of nitrogens with one attached hydrogen (secondary N) is 1. The standard InChI is InChI=1S/C6H8N2O/c7-4-3-6(1-2-6)8-5-9/h5H,1-3H2,(H,8,9). The first-order valence-electron chi connectivity index (χ1n) is 2.91. The Hall–Kier alpha value is -1.04. The lowest BCUT2D eigenvalue weighted by atomic mass is 10.2. The van der Waals surface area contributed by atoms with Crippen molar-refractivity contribution >= 4 is 6.41 Å². The van der Waals surface area contributed by atoms with Crippen molar-refractivity contribution in [1.82, 2.24) is 5.32 Å². The van der Waals surface area contributed by atoms with E-state index in [2.05, 4.69) is 5.32 Å². The normalized spacial score (nSPS) is 19.9. The van der Waals surface area contributed by atoms with E-state index in [0.717, 1.165) is 12.8 Å². The number of nitrogens with zero attached hydrogens (tertiary/aromatic N) is 1. The number of rotatable bonds is 3. The molecule has 0 aromatic carbocycles. The predicted octanol–water partition coefficient (Wildman–Crippen LogP) is 0.179. The Morgan fingerprint density at radius 3 is 2.78 bits per heavy atom. The van der Waals surface area contributed by atoms with Crippen LogP contribution in [0.25, 0.3) is 0 Å². The molecule has 0 atom stereocenters. The maximum absolute atomic E-state index is 9.91. The minimum Gasteiger partial charge on any atom is -0.352 e. The highest BCUT2D eigenvalue weighted by Crippen LogP contribution is 2.37. The van der Waals surface area contributed by atoms with Crippen LogP contribution in [0, 0.1) is 11.3 Å². The summed E-state index contributed by atoms with van der Waals surface area (Å²) < 4.78 is 0. The summed E-state index contributed by atoms with van der Waals surface area (Å²) in [6.45, 7) is 0. The molecule has 3 nitrogen and oxygen atoms in total. The number of carbonyl (C=O) groups is 1. The molecule has 0 spiro atoms. The fraction of sp³-hybridized carbons (Fsp3) is 0.667. The lowest BCUT2D eigenvalue weighted by molar-refractivity contribution is -0.110. The van der Waals surface area contributed by atoms with E-state index in [1.807, 2.05) is 6.07 Å². The molecule has 1 N–H and O–H groups in total. The molecule has 0 radical (unpaired) electrons. The molecule has 1 saturated carbocycles. The van der Waals surface area contributed by atoms with E-state index in [0.29, 0.717) is 12.8 Å². The van der Waals surface area contributed by atoms with Crippen molar-refractivity contribution in [2.45, 2.75) is 24.8 Å². The molecule has 0 aromatic heterocycles. The van der Waals surface area contributed by atoms with Gasteiger partial charge in [-0.3, -0.25) is 4.79 Å². The third-order valence-electron chi connectivity index (χ3n) is 1.64. The predicted molar refractivity (Wildman–Crippen MR) is 31.4 cm³/mol. The highest BCUT2D eigenvalue weighted by Gasteiger charge is 2.41. The zero-order valence-electron chi connectivity index (χ0n) is 5.05. The van der Waals surface area contributed by atoms with Gasteiger partial charge < -0.3 is 5.32 Å². The van der Waals surface area contributed by atoms with E-state index in [-0.39, 0.29) is 5.54 Å². The van der Waals surface area contributed by atoms with Gasteiger partial charge in [0.25, 0.3) is 0 Å². The Bertz CT molecular complexity index is 155. The molecule has 48 valence electrons. The Morgan fingerprint density at radius 1 is 1.78 bits per heavy atom. The van der Waals surface area contributed by atoms with E-state index in [9.17, 15) is 4.79 Å². The van der Waals surface area contributed by atoms with Gasteiger partial charge in [-0.2, -0.15) is 5.26 Å². The topological polar surface area (TPSA) is 52.9 Å². The fourth-order valence-electron chi connectivity index (χ4n) is 0.799. The number of carbonyl (C=O) groups excluding carboxylic acids is 1. The van der Waals surface area contributed by atoms with Crippen LogP contribution in [-0.4, -0.2) is 11.9 Å². The van der Waals surface area contributed by atoms with Crippen LogP contribution in [0.1, 0.15) is 19.3 Å². The molecule has 0 aromatic rings. The van der Waals surface area contributed by atoms with Gasteiger partial charge in [0.2, 0.25) is 6.41 Å². The Kier molecular flexibility index (Phi) is 1.39. The molecular formula is C6H8N2O. The van der Waals surface area contributed by atoms with Gasteiger partial charge in [-0.05, 0) is 12.8 Å². The van der Waals surface area contributed by atoms with Crippen LogP contribution in [0.15, 0.2) is 0 Å². The molecule has 1 fully saturated rings. The average molecular weight is 124 g/mol. The number of hydrogen-bond donors (Lipinski definition) is 1. The first-order valence-corrected chi connectivity index (χ1v) is 2.91. The second-order valence-corrected chi connectivity index (χ2v) is 2.38. The largest absolute Gasteiger partial charge is 0.352 e. The maximum Gasteiger partial charge on any atom is 0.207 e. The highest BCUT2D eigenvalue weighted by atomic mass is 16.1. The molecular weight excluding hydrogens is 116 g/mol. The van der Waals surface area contributed by atoms with Crippen molar-refractivity contribution in [3.8, 4) is 6.07 Å².